The summed E-state index contributed by atoms with van der Waals surface area (Å²) in [4.78, 5) is 1.04. The average Bonchev–Trinajstić information content (AvgIpc) is 3.14. The summed E-state index contributed by atoms with van der Waals surface area (Å²) in [7, 11) is 9.42. The van der Waals surface area contributed by atoms with Gasteiger partial charge >= 0.3 is 0 Å². The van der Waals surface area contributed by atoms with E-state index in [2.05, 4.69) is 54.1 Å². The first-order chi connectivity index (χ1) is 13.9. The van der Waals surface area contributed by atoms with Crippen LogP contribution in [0, 0.1) is 0 Å². The number of nitrogens with zero attached hydrogens (tertiary/aromatic N) is 1. The van der Waals surface area contributed by atoms with E-state index in [9.17, 15) is 0 Å². The summed E-state index contributed by atoms with van der Waals surface area (Å²) < 4.78 is 0.784. The molecule has 0 saturated heterocycles. The second kappa shape index (κ2) is 26.9. The lowest BCUT2D eigenvalue weighted by molar-refractivity contribution is 0.772. The molecule has 0 aliphatic rings. The largest absolute Gasteiger partial charge is 0.378 e. The lowest BCUT2D eigenvalue weighted by atomic mass is 10.1. The van der Waals surface area contributed by atoms with Crippen molar-refractivity contribution in [2.75, 3.05) is 27.2 Å². The number of unbranched alkanes of at least 4 members (excludes halogenated alkanes) is 2. The molecule has 0 unspecified atom stereocenters. The Kier molecular flexibility index (Phi) is 30.2. The third-order valence-electron chi connectivity index (χ3n) is 3.02. The van der Waals surface area contributed by atoms with Crippen LogP contribution < -0.4 is 20.8 Å². The fourth-order valence-electron chi connectivity index (χ4n) is 1.61. The molecular formula is C21H39BN4S3. The molecular weight excluding hydrogens is 415 g/mol. The third kappa shape index (κ3) is 24.9. The molecule has 0 bridgehead atoms. The molecule has 0 atom stereocenters. The molecule has 0 spiro atoms. The summed E-state index contributed by atoms with van der Waals surface area (Å²) in [6, 6.07) is 3.84. The minimum atomic E-state index is 0.715. The quantitative estimate of drug-likeness (QED) is 0.224. The number of rotatable bonds is 9. The highest BCUT2D eigenvalue weighted by molar-refractivity contribution is 7.79. The van der Waals surface area contributed by atoms with Crippen molar-refractivity contribution in [2.24, 2.45) is 5.10 Å². The van der Waals surface area contributed by atoms with E-state index in [1.54, 1.807) is 12.4 Å². The summed E-state index contributed by atoms with van der Waals surface area (Å²) >= 11 is 10.5. The maximum atomic E-state index is 5.71. The average molecular weight is 455 g/mol. The van der Waals surface area contributed by atoms with Crippen LogP contribution in [0.2, 0.25) is 0 Å². The molecule has 0 aliphatic carbocycles. The van der Waals surface area contributed by atoms with E-state index in [4.69, 9.17) is 20.1 Å². The van der Waals surface area contributed by atoms with E-state index in [1.165, 1.54) is 36.1 Å². The Hall–Kier alpha value is -1.09. The molecule has 1 aromatic heterocycles. The first-order valence-electron chi connectivity index (χ1n) is 9.90. The topological polar surface area (TPSA) is 48.5 Å². The Labute approximate surface area is 195 Å². The molecule has 0 amide bonds. The maximum Gasteiger partial charge on any atom is 0.128 e. The van der Waals surface area contributed by atoms with Gasteiger partial charge in [0.15, 0.2) is 0 Å². The van der Waals surface area contributed by atoms with Gasteiger partial charge in [0, 0.05) is 13.6 Å². The lowest BCUT2D eigenvalue weighted by Crippen LogP contribution is -2.13. The minimum Gasteiger partial charge on any atom is -0.378 e. The van der Waals surface area contributed by atoms with Gasteiger partial charge in [0.05, 0.1) is 10.4 Å². The van der Waals surface area contributed by atoms with Crippen LogP contribution in [0.1, 0.15) is 58.8 Å². The summed E-state index contributed by atoms with van der Waals surface area (Å²) in [6.45, 7) is 12.1. The third-order valence-corrected chi connectivity index (χ3v) is 4.12. The Bertz CT molecular complexity index is 554. The zero-order chi connectivity index (χ0) is 22.9. The van der Waals surface area contributed by atoms with Crippen LogP contribution in [0.4, 0.5) is 0 Å². The first-order valence-corrected chi connectivity index (χ1v) is 11.7. The highest BCUT2D eigenvalue weighted by Crippen LogP contribution is 2.09. The lowest BCUT2D eigenvalue weighted by Gasteiger charge is -2.03. The van der Waals surface area contributed by atoms with Crippen molar-refractivity contribution < 1.29 is 0 Å². The SMILES string of the molecule is CC=S.CCCCC.CCNC.[B]c1ccc(C(/C=C(/C)CNC=S)=N\NC)s1. The number of thiophene rings is 1. The van der Waals surface area contributed by atoms with Crippen molar-refractivity contribution in [2.45, 2.75) is 53.9 Å². The molecule has 0 fully saturated rings. The molecule has 0 aliphatic heterocycles. The van der Waals surface area contributed by atoms with Gasteiger partial charge in [-0.15, -0.1) is 0 Å². The van der Waals surface area contributed by atoms with Crippen molar-refractivity contribution in [3.63, 3.8) is 0 Å². The zero-order valence-electron chi connectivity index (χ0n) is 19.2. The zero-order valence-corrected chi connectivity index (χ0v) is 21.6. The molecule has 0 aromatic carbocycles. The van der Waals surface area contributed by atoms with Gasteiger partial charge in [-0.3, -0.25) is 0 Å². The van der Waals surface area contributed by atoms with Crippen LogP contribution in [0.25, 0.3) is 0 Å². The van der Waals surface area contributed by atoms with Crippen molar-refractivity contribution in [1.29, 1.82) is 0 Å². The highest BCUT2D eigenvalue weighted by Gasteiger charge is 2.03. The van der Waals surface area contributed by atoms with Gasteiger partial charge in [-0.1, -0.05) is 76.1 Å². The standard InChI is InChI=1S/C11H14BN3S2.C5H12.C3H9N.C2H4S/c1-8(6-14-7-16)5-9(15-13-2)10-3-4-11(12)17-10;1-3-5-4-2;1-3-4-2;1-2-3/h3-5,7,13H,6H2,1-2H3,(H,14,16);3-5H2,1-2H3;4H,3H2,1-2H3;2H,1H3/b8-5-,15-9-;;;. The number of allylic oxidation sites excluding steroid dienone is 1. The van der Waals surface area contributed by atoms with Crippen LogP contribution in [0.5, 0.6) is 0 Å². The molecule has 4 nitrogen and oxygen atoms in total. The van der Waals surface area contributed by atoms with Crippen molar-refractivity contribution in [3.05, 3.63) is 28.7 Å². The number of thiocarbonyl (C=S) groups is 2. The molecule has 1 rings (SSSR count). The van der Waals surface area contributed by atoms with E-state index >= 15 is 0 Å². The van der Waals surface area contributed by atoms with Gasteiger partial charge in [0.1, 0.15) is 13.6 Å². The molecule has 8 heteroatoms. The van der Waals surface area contributed by atoms with Gasteiger partial charge in [0.2, 0.25) is 0 Å². The normalized spacial score (nSPS) is 10.2. The van der Waals surface area contributed by atoms with Crippen molar-refractivity contribution in [3.8, 4) is 0 Å². The number of hydrazone groups is 1. The summed E-state index contributed by atoms with van der Waals surface area (Å²) in [5.41, 5.74) is 6.33. The predicted molar refractivity (Wildman–Crippen MR) is 145 cm³/mol. The predicted octanol–water partition coefficient (Wildman–Crippen LogP) is 4.39. The van der Waals surface area contributed by atoms with Crippen LogP contribution in [-0.2, 0) is 0 Å². The molecule has 0 saturated carbocycles. The van der Waals surface area contributed by atoms with E-state index in [1.807, 2.05) is 39.1 Å². The van der Waals surface area contributed by atoms with E-state index in [0.29, 0.717) is 6.54 Å². The Morgan fingerprint density at radius 2 is 1.72 bits per heavy atom. The fourth-order valence-corrected chi connectivity index (χ4v) is 2.43. The molecule has 1 heterocycles. The van der Waals surface area contributed by atoms with Gasteiger partial charge in [-0.05, 0) is 49.7 Å². The van der Waals surface area contributed by atoms with Crippen molar-refractivity contribution >= 4 is 65.0 Å². The van der Waals surface area contributed by atoms with Gasteiger partial charge in [-0.25, -0.2) is 0 Å². The van der Waals surface area contributed by atoms with E-state index in [0.717, 1.165) is 27.5 Å². The van der Waals surface area contributed by atoms with Crippen LogP contribution in [0.3, 0.4) is 0 Å². The van der Waals surface area contributed by atoms with Gasteiger partial charge in [0.25, 0.3) is 0 Å². The molecule has 164 valence electrons. The van der Waals surface area contributed by atoms with Crippen molar-refractivity contribution in [1.82, 2.24) is 16.1 Å². The second-order valence-corrected chi connectivity index (χ2v) is 7.53. The smallest absolute Gasteiger partial charge is 0.128 e. The second-order valence-electron chi connectivity index (χ2n) is 5.71. The van der Waals surface area contributed by atoms with E-state index < -0.39 is 0 Å². The highest BCUT2D eigenvalue weighted by atomic mass is 32.1. The minimum absolute atomic E-state index is 0.715. The van der Waals surface area contributed by atoms with E-state index in [-0.39, 0.29) is 0 Å². The Morgan fingerprint density at radius 3 is 2.03 bits per heavy atom. The molecule has 29 heavy (non-hydrogen) atoms. The number of hydrogen-bond acceptors (Lipinski definition) is 6. The molecule has 3 N–H and O–H groups in total. The molecule has 1 aromatic rings. The van der Waals surface area contributed by atoms with Gasteiger partial charge < -0.3 is 16.1 Å². The Morgan fingerprint density at radius 1 is 1.17 bits per heavy atom. The van der Waals surface area contributed by atoms with Crippen LogP contribution in [-0.4, -0.2) is 51.6 Å². The van der Waals surface area contributed by atoms with Crippen LogP contribution >= 0.6 is 35.8 Å². The monoisotopic (exact) mass is 454 g/mol. The number of nitrogens with one attached hydrogen (secondary N) is 3. The first kappa shape index (κ1) is 32.6. The Balaban J connectivity index is -0.000000463. The fraction of sp³-hybridized carbons (Fsp3) is 0.571. The molecule has 2 radical (unpaired) electrons. The summed E-state index contributed by atoms with van der Waals surface area (Å²) in [6.07, 6.45) is 6.08. The van der Waals surface area contributed by atoms with Crippen LogP contribution in [0.15, 0.2) is 28.9 Å². The summed E-state index contributed by atoms with van der Waals surface area (Å²) in [5.74, 6) is 0. The maximum absolute atomic E-state index is 5.71. The van der Waals surface area contributed by atoms with Gasteiger partial charge in [-0.2, -0.15) is 16.4 Å². The number of hydrogen-bond donors (Lipinski definition) is 3. The summed E-state index contributed by atoms with van der Waals surface area (Å²) in [5, 5.41) is 11.7.